The van der Waals surface area contributed by atoms with Crippen molar-refractivity contribution in [3.63, 3.8) is 0 Å². The van der Waals surface area contributed by atoms with Crippen molar-refractivity contribution in [2.45, 2.75) is 45.5 Å². The summed E-state index contributed by atoms with van der Waals surface area (Å²) in [6.45, 7) is 5.71. The maximum absolute atomic E-state index is 11.6. The van der Waals surface area contributed by atoms with Gasteiger partial charge in [0.15, 0.2) is 6.29 Å². The molecule has 1 rings (SSSR count). The fourth-order valence-electron chi connectivity index (χ4n) is 1.54. The zero-order valence-electron chi connectivity index (χ0n) is 10.4. The molecule has 0 aliphatic heterocycles. The third-order valence-electron chi connectivity index (χ3n) is 2.70. The number of ether oxygens (including phenoxy) is 1. The van der Waals surface area contributed by atoms with Crippen molar-refractivity contribution >= 4 is 6.09 Å². The van der Waals surface area contributed by atoms with Crippen molar-refractivity contribution in [2.24, 2.45) is 5.41 Å². The van der Waals surface area contributed by atoms with Gasteiger partial charge in [0.1, 0.15) is 5.60 Å². The molecule has 0 aromatic rings. The highest BCUT2D eigenvalue weighted by molar-refractivity contribution is 5.67. The maximum Gasteiger partial charge on any atom is 0.410 e. The van der Waals surface area contributed by atoms with E-state index in [2.05, 4.69) is 0 Å². The van der Waals surface area contributed by atoms with Crippen LogP contribution in [-0.2, 0) is 4.74 Å². The lowest BCUT2D eigenvalue weighted by Gasteiger charge is -2.28. The lowest BCUT2D eigenvalue weighted by atomic mass is 10.1. The second-order valence-corrected chi connectivity index (χ2v) is 5.57. The van der Waals surface area contributed by atoms with E-state index in [-0.39, 0.29) is 0 Å². The molecule has 0 heterocycles. The number of hydrogen-bond donors (Lipinski definition) is 2. The summed E-state index contributed by atoms with van der Waals surface area (Å²) in [6.07, 6.45) is -0.327. The second-order valence-electron chi connectivity index (χ2n) is 5.57. The Morgan fingerprint density at radius 1 is 1.44 bits per heavy atom. The predicted molar refractivity (Wildman–Crippen MR) is 58.8 cm³/mol. The summed E-state index contributed by atoms with van der Waals surface area (Å²) < 4.78 is 5.18. The van der Waals surface area contributed by atoms with Gasteiger partial charge in [-0.25, -0.2) is 4.79 Å². The van der Waals surface area contributed by atoms with Crippen LogP contribution >= 0.6 is 0 Å². The Balaban J connectivity index is 2.47. The summed E-state index contributed by atoms with van der Waals surface area (Å²) >= 11 is 0. The molecule has 5 heteroatoms. The van der Waals surface area contributed by atoms with Gasteiger partial charge in [0.2, 0.25) is 0 Å². The molecular formula is C11H21NO4. The lowest BCUT2D eigenvalue weighted by Crippen LogP contribution is -2.40. The number of aliphatic hydroxyl groups excluding tert-OH is 1. The minimum absolute atomic E-state index is 0.319. The van der Waals surface area contributed by atoms with E-state index in [0.717, 1.165) is 12.8 Å². The molecule has 1 fully saturated rings. The first-order valence-corrected chi connectivity index (χ1v) is 5.47. The molecule has 0 saturated heterocycles. The van der Waals surface area contributed by atoms with Gasteiger partial charge in [0.05, 0.1) is 0 Å². The van der Waals surface area contributed by atoms with Crippen LogP contribution in [0.15, 0.2) is 0 Å². The number of carbonyl (C=O) groups excluding carboxylic acids is 1. The molecule has 2 N–H and O–H groups in total. The van der Waals surface area contributed by atoms with Crippen LogP contribution in [0.5, 0.6) is 0 Å². The molecule has 0 bridgehead atoms. The van der Waals surface area contributed by atoms with Crippen molar-refractivity contribution in [3.05, 3.63) is 0 Å². The zero-order chi connectivity index (χ0) is 12.6. The number of rotatable bonds is 3. The molecule has 16 heavy (non-hydrogen) atoms. The minimum Gasteiger partial charge on any atom is -0.444 e. The van der Waals surface area contributed by atoms with Crippen molar-refractivity contribution in [2.75, 3.05) is 13.6 Å². The second kappa shape index (κ2) is 4.22. The fourth-order valence-corrected chi connectivity index (χ4v) is 1.54. The van der Waals surface area contributed by atoms with Crippen LogP contribution in [0.2, 0.25) is 0 Å². The standard InChI is InChI=1S/C11H21NO4/c1-10(2,3)16-9(15)12(4)7-11(5-6-11)8(13)14/h8,13-14H,5-7H2,1-4H3. The fraction of sp³-hybridized carbons (Fsp3) is 0.909. The van der Waals surface area contributed by atoms with Crippen LogP contribution in [0.4, 0.5) is 4.79 Å². The molecule has 0 aromatic carbocycles. The van der Waals surface area contributed by atoms with Gasteiger partial charge in [-0.2, -0.15) is 0 Å². The maximum atomic E-state index is 11.6. The number of hydrogen-bond acceptors (Lipinski definition) is 4. The Morgan fingerprint density at radius 3 is 2.25 bits per heavy atom. The SMILES string of the molecule is CN(CC1(C(O)O)CC1)C(=O)OC(C)(C)C. The predicted octanol–water partition coefficient (Wildman–Crippen LogP) is 0.944. The first-order valence-electron chi connectivity index (χ1n) is 5.47. The van der Waals surface area contributed by atoms with Crippen LogP contribution in [0, 0.1) is 5.41 Å². The summed E-state index contributed by atoms with van der Waals surface area (Å²) in [5, 5.41) is 18.4. The highest BCUT2D eigenvalue weighted by Gasteiger charge is 2.50. The van der Waals surface area contributed by atoms with E-state index < -0.39 is 23.4 Å². The number of carbonyl (C=O) groups is 1. The van der Waals surface area contributed by atoms with Gasteiger partial charge in [-0.3, -0.25) is 0 Å². The summed E-state index contributed by atoms with van der Waals surface area (Å²) in [4.78, 5) is 13.0. The quantitative estimate of drug-likeness (QED) is 0.709. The number of amides is 1. The molecule has 94 valence electrons. The van der Waals surface area contributed by atoms with Gasteiger partial charge < -0.3 is 19.8 Å². The third kappa shape index (κ3) is 3.35. The lowest BCUT2D eigenvalue weighted by molar-refractivity contribution is -0.101. The number of nitrogens with zero attached hydrogens (tertiary/aromatic N) is 1. The van der Waals surface area contributed by atoms with Crippen molar-refractivity contribution in [3.8, 4) is 0 Å². The van der Waals surface area contributed by atoms with Crippen molar-refractivity contribution < 1.29 is 19.7 Å². The molecule has 0 radical (unpaired) electrons. The molecule has 0 aromatic heterocycles. The Morgan fingerprint density at radius 2 is 1.94 bits per heavy atom. The van der Waals surface area contributed by atoms with E-state index in [1.54, 1.807) is 27.8 Å². The Kier molecular flexibility index (Phi) is 3.50. The summed E-state index contributed by atoms with van der Waals surface area (Å²) in [5.41, 5.74) is -1.06. The first-order chi connectivity index (χ1) is 7.16. The van der Waals surface area contributed by atoms with Crippen molar-refractivity contribution in [1.29, 1.82) is 0 Å². The van der Waals surface area contributed by atoms with Crippen molar-refractivity contribution in [1.82, 2.24) is 4.90 Å². The van der Waals surface area contributed by atoms with Gasteiger partial charge in [0, 0.05) is 19.0 Å². The molecule has 0 spiro atoms. The zero-order valence-corrected chi connectivity index (χ0v) is 10.4. The smallest absolute Gasteiger partial charge is 0.410 e. The van der Waals surface area contributed by atoms with E-state index in [0.29, 0.717) is 6.54 Å². The molecule has 0 atom stereocenters. The van der Waals surface area contributed by atoms with Crippen LogP contribution in [-0.4, -0.2) is 46.7 Å². The normalized spacial score (nSPS) is 18.4. The van der Waals surface area contributed by atoms with Crippen LogP contribution in [0.25, 0.3) is 0 Å². The monoisotopic (exact) mass is 231 g/mol. The average Bonchev–Trinajstić information content (AvgIpc) is 2.82. The van der Waals surface area contributed by atoms with Gasteiger partial charge >= 0.3 is 6.09 Å². The van der Waals surface area contributed by atoms with E-state index in [4.69, 9.17) is 4.74 Å². The summed E-state index contributed by atoms with van der Waals surface area (Å²) in [5.74, 6) is 0. The molecular weight excluding hydrogens is 210 g/mol. The molecule has 1 saturated carbocycles. The Bertz CT molecular complexity index is 266. The van der Waals surface area contributed by atoms with E-state index in [9.17, 15) is 15.0 Å². The summed E-state index contributed by atoms with van der Waals surface area (Å²) in [6, 6.07) is 0. The summed E-state index contributed by atoms with van der Waals surface area (Å²) in [7, 11) is 1.61. The van der Waals surface area contributed by atoms with Crippen LogP contribution in [0.1, 0.15) is 33.6 Å². The molecule has 1 aliphatic carbocycles. The average molecular weight is 231 g/mol. The highest BCUT2D eigenvalue weighted by atomic mass is 16.6. The molecule has 1 aliphatic rings. The Labute approximate surface area is 96.0 Å². The van der Waals surface area contributed by atoms with E-state index in [1.807, 2.05) is 0 Å². The van der Waals surface area contributed by atoms with E-state index in [1.165, 1.54) is 4.90 Å². The van der Waals surface area contributed by atoms with Crippen LogP contribution in [0.3, 0.4) is 0 Å². The Hall–Kier alpha value is -0.810. The van der Waals surface area contributed by atoms with Gasteiger partial charge in [-0.1, -0.05) is 0 Å². The first kappa shape index (κ1) is 13.3. The molecule has 5 nitrogen and oxygen atoms in total. The van der Waals surface area contributed by atoms with Gasteiger partial charge in [-0.05, 0) is 33.6 Å². The largest absolute Gasteiger partial charge is 0.444 e. The molecule has 1 amide bonds. The molecule has 0 unspecified atom stereocenters. The third-order valence-corrected chi connectivity index (χ3v) is 2.70. The highest BCUT2D eigenvalue weighted by Crippen LogP contribution is 2.48. The number of aliphatic hydroxyl groups is 2. The minimum atomic E-state index is -1.36. The van der Waals surface area contributed by atoms with E-state index >= 15 is 0 Å². The van der Waals surface area contributed by atoms with Gasteiger partial charge in [0.25, 0.3) is 0 Å². The topological polar surface area (TPSA) is 70.0 Å². The van der Waals surface area contributed by atoms with Gasteiger partial charge in [-0.15, -0.1) is 0 Å². The van der Waals surface area contributed by atoms with Crippen LogP contribution < -0.4 is 0 Å².